The van der Waals surface area contributed by atoms with E-state index in [4.69, 9.17) is 9.47 Å². The Kier molecular flexibility index (Phi) is 4.67. The minimum Gasteiger partial charge on any atom is -0.497 e. The van der Waals surface area contributed by atoms with Gasteiger partial charge in [-0.15, -0.1) is 0 Å². The molecule has 0 saturated carbocycles. The largest absolute Gasteiger partial charge is 0.497 e. The standard InChI is InChI=1S/C24H26N2O5/c1-11-17-10-26(24-23(29)22(28)21(27)13(3)31-24)8-7-15(17)12(2)20-19(11)16-9-14(30-4)5-6-18(16)25-20/h5-10,13,21-24,27-29H,1-4H3/p+1/t13-,21-,22+,23+,24?/m0/s1. The van der Waals surface area contributed by atoms with Crippen LogP contribution in [0.4, 0.5) is 0 Å². The lowest BCUT2D eigenvalue weighted by Gasteiger charge is -2.36. The second kappa shape index (κ2) is 7.17. The van der Waals surface area contributed by atoms with Gasteiger partial charge in [-0.3, -0.25) is 0 Å². The van der Waals surface area contributed by atoms with Gasteiger partial charge >= 0.3 is 0 Å². The molecule has 1 unspecified atom stereocenters. The molecule has 5 atom stereocenters. The van der Waals surface area contributed by atoms with Crippen LogP contribution in [-0.2, 0) is 4.74 Å². The van der Waals surface area contributed by atoms with E-state index < -0.39 is 30.6 Å². The van der Waals surface area contributed by atoms with E-state index in [1.54, 1.807) is 18.6 Å². The predicted molar refractivity (Wildman–Crippen MR) is 117 cm³/mol. The highest BCUT2D eigenvalue weighted by molar-refractivity contribution is 6.16. The lowest BCUT2D eigenvalue weighted by molar-refractivity contribution is -0.776. The zero-order chi connectivity index (χ0) is 22.0. The van der Waals surface area contributed by atoms with E-state index in [1.165, 1.54) is 0 Å². The smallest absolute Gasteiger partial charge is 0.291 e. The number of rotatable bonds is 2. The quantitative estimate of drug-likeness (QED) is 0.371. The highest BCUT2D eigenvalue weighted by Crippen LogP contribution is 2.37. The second-order valence-electron chi connectivity index (χ2n) is 8.46. The van der Waals surface area contributed by atoms with E-state index in [0.717, 1.165) is 49.5 Å². The van der Waals surface area contributed by atoms with Gasteiger partial charge < -0.3 is 29.8 Å². The van der Waals surface area contributed by atoms with Crippen molar-refractivity contribution in [1.29, 1.82) is 0 Å². The van der Waals surface area contributed by atoms with E-state index in [9.17, 15) is 15.3 Å². The highest BCUT2D eigenvalue weighted by atomic mass is 16.5. The molecule has 5 rings (SSSR count). The third-order valence-corrected chi connectivity index (χ3v) is 6.67. The van der Waals surface area contributed by atoms with Gasteiger partial charge in [0.2, 0.25) is 0 Å². The molecule has 0 spiro atoms. The predicted octanol–water partition coefficient (Wildman–Crippen LogP) is 2.39. The minimum atomic E-state index is -1.27. The fraction of sp³-hybridized carbons (Fsp3) is 0.375. The summed E-state index contributed by atoms with van der Waals surface area (Å²) in [6, 6.07) is 8.01. The monoisotopic (exact) mass is 423 g/mol. The van der Waals surface area contributed by atoms with Crippen LogP contribution in [0.15, 0.2) is 36.7 Å². The highest BCUT2D eigenvalue weighted by Gasteiger charge is 2.46. The van der Waals surface area contributed by atoms with E-state index in [1.807, 2.05) is 36.7 Å². The number of aromatic amines is 1. The van der Waals surface area contributed by atoms with Gasteiger partial charge in [0.1, 0.15) is 18.0 Å². The summed E-state index contributed by atoms with van der Waals surface area (Å²) < 4.78 is 13.0. The van der Waals surface area contributed by atoms with Crippen molar-refractivity contribution in [1.82, 2.24) is 4.98 Å². The van der Waals surface area contributed by atoms with E-state index in [0.29, 0.717) is 0 Å². The molecule has 4 N–H and O–H groups in total. The molecule has 2 aromatic carbocycles. The summed E-state index contributed by atoms with van der Waals surface area (Å²) in [4.78, 5) is 3.54. The van der Waals surface area contributed by atoms with Gasteiger partial charge in [-0.05, 0) is 55.5 Å². The van der Waals surface area contributed by atoms with Crippen molar-refractivity contribution in [2.75, 3.05) is 7.11 Å². The molecule has 0 amide bonds. The number of nitrogens with zero attached hydrogens (tertiary/aromatic N) is 1. The first-order chi connectivity index (χ1) is 14.8. The van der Waals surface area contributed by atoms with E-state index in [-0.39, 0.29) is 0 Å². The molecule has 1 aliphatic heterocycles. The number of aliphatic hydroxyl groups excluding tert-OH is 3. The SMILES string of the molecule is COc1ccc2[nH]c3c(C)c4cc[n+](C5O[C@@H](C)[C@H](O)[C@@H](O)[C@H]5O)cc4c(C)c3c2c1. The van der Waals surface area contributed by atoms with Crippen molar-refractivity contribution < 1.29 is 29.4 Å². The maximum absolute atomic E-state index is 10.5. The van der Waals surface area contributed by atoms with Gasteiger partial charge in [-0.25, -0.2) is 0 Å². The molecule has 0 aliphatic carbocycles. The second-order valence-corrected chi connectivity index (χ2v) is 8.46. The van der Waals surface area contributed by atoms with Gasteiger partial charge in [-0.1, -0.05) is 0 Å². The van der Waals surface area contributed by atoms with Crippen LogP contribution in [0.5, 0.6) is 5.75 Å². The zero-order valence-corrected chi connectivity index (χ0v) is 18.0. The van der Waals surface area contributed by atoms with Crippen molar-refractivity contribution in [3.63, 3.8) is 0 Å². The Bertz CT molecular complexity index is 1310. The third kappa shape index (κ3) is 2.92. The molecule has 31 heavy (non-hydrogen) atoms. The van der Waals surface area contributed by atoms with E-state index >= 15 is 0 Å². The molecule has 162 valence electrons. The molecule has 0 radical (unpaired) electrons. The molecule has 2 aromatic heterocycles. The molecule has 0 bridgehead atoms. The van der Waals surface area contributed by atoms with Crippen LogP contribution in [0.3, 0.4) is 0 Å². The maximum Gasteiger partial charge on any atom is 0.291 e. The number of hydrogen-bond acceptors (Lipinski definition) is 5. The molecule has 7 heteroatoms. The summed E-state index contributed by atoms with van der Waals surface area (Å²) in [6.07, 6.45) is -1.25. The Morgan fingerprint density at radius 1 is 0.968 bits per heavy atom. The molecule has 1 saturated heterocycles. The summed E-state index contributed by atoms with van der Waals surface area (Å²) in [5.74, 6) is 0.800. The molecular weight excluding hydrogens is 396 g/mol. The first-order valence-electron chi connectivity index (χ1n) is 10.4. The molecule has 4 aromatic rings. The van der Waals surface area contributed by atoms with Crippen molar-refractivity contribution in [3.05, 3.63) is 47.8 Å². The summed E-state index contributed by atoms with van der Waals surface area (Å²) in [7, 11) is 1.66. The van der Waals surface area contributed by atoms with Gasteiger partial charge in [0.05, 0.1) is 18.7 Å². The van der Waals surface area contributed by atoms with Gasteiger partial charge in [0, 0.05) is 27.7 Å². The van der Waals surface area contributed by atoms with Gasteiger partial charge in [-0.2, -0.15) is 4.57 Å². The van der Waals surface area contributed by atoms with Gasteiger partial charge in [0.25, 0.3) is 6.23 Å². The number of ether oxygens (including phenoxy) is 2. The number of aliphatic hydroxyl groups is 3. The number of fused-ring (bicyclic) bond motifs is 4. The van der Waals surface area contributed by atoms with E-state index in [2.05, 4.69) is 18.8 Å². The van der Waals surface area contributed by atoms with Crippen LogP contribution in [0.1, 0.15) is 24.3 Å². The fourth-order valence-electron chi connectivity index (χ4n) is 4.81. The first-order valence-corrected chi connectivity index (χ1v) is 10.4. The molecule has 3 heterocycles. The third-order valence-electron chi connectivity index (χ3n) is 6.67. The maximum atomic E-state index is 10.5. The minimum absolute atomic E-state index is 0.599. The number of aromatic nitrogens is 2. The van der Waals surface area contributed by atoms with Crippen LogP contribution >= 0.6 is 0 Å². The van der Waals surface area contributed by atoms with Crippen LogP contribution in [0.2, 0.25) is 0 Å². The number of hydrogen-bond donors (Lipinski definition) is 4. The van der Waals surface area contributed by atoms with Crippen LogP contribution in [0.25, 0.3) is 32.6 Å². The Morgan fingerprint density at radius 3 is 2.48 bits per heavy atom. The number of aryl methyl sites for hydroxylation is 2. The Hall–Kier alpha value is -2.71. The Labute approximate surface area is 179 Å². The van der Waals surface area contributed by atoms with Crippen molar-refractivity contribution in [2.45, 2.75) is 51.4 Å². The summed E-state index contributed by atoms with van der Waals surface area (Å²) >= 11 is 0. The topological polar surface area (TPSA) is 98.8 Å². The molecule has 1 fully saturated rings. The number of pyridine rings is 1. The number of H-pyrrole nitrogens is 1. The lowest BCUT2D eigenvalue weighted by atomic mass is 9.96. The number of methoxy groups -OCH3 is 1. The average Bonchev–Trinajstić information content (AvgIpc) is 3.17. The number of benzene rings is 2. The summed E-state index contributed by atoms with van der Waals surface area (Å²) in [5.41, 5.74) is 4.37. The van der Waals surface area contributed by atoms with Crippen molar-refractivity contribution >= 4 is 32.6 Å². The fourth-order valence-corrected chi connectivity index (χ4v) is 4.81. The first kappa shape index (κ1) is 20.2. The lowest BCUT2D eigenvalue weighted by Crippen LogP contribution is -2.61. The van der Waals surface area contributed by atoms with Crippen molar-refractivity contribution in [2.24, 2.45) is 0 Å². The molecular formula is C24H27N2O5+. The normalized spacial score (nSPS) is 26.7. The summed E-state index contributed by atoms with van der Waals surface area (Å²) in [6.45, 7) is 5.86. The Balaban J connectivity index is 1.74. The van der Waals surface area contributed by atoms with Crippen LogP contribution in [-0.4, -0.2) is 51.8 Å². The van der Waals surface area contributed by atoms with Crippen LogP contribution in [0, 0.1) is 13.8 Å². The zero-order valence-electron chi connectivity index (χ0n) is 18.0. The average molecular weight is 423 g/mol. The van der Waals surface area contributed by atoms with Gasteiger partial charge in [0.15, 0.2) is 18.5 Å². The summed E-state index contributed by atoms with van der Waals surface area (Å²) in [5, 5.41) is 35.1. The number of nitrogens with one attached hydrogen (secondary N) is 1. The molecule has 7 nitrogen and oxygen atoms in total. The van der Waals surface area contributed by atoms with Crippen molar-refractivity contribution in [3.8, 4) is 5.75 Å². The molecule has 1 aliphatic rings. The van der Waals surface area contributed by atoms with Crippen LogP contribution < -0.4 is 9.30 Å². The Morgan fingerprint density at radius 2 is 1.74 bits per heavy atom.